The average molecular weight is 279 g/mol. The summed E-state index contributed by atoms with van der Waals surface area (Å²) in [4.78, 5) is 0. The van der Waals surface area contributed by atoms with Gasteiger partial charge in [-0.25, -0.2) is 0 Å². The van der Waals surface area contributed by atoms with Gasteiger partial charge in [0.1, 0.15) is 0 Å². The number of rotatable bonds is 1. The fourth-order valence-electron chi connectivity index (χ4n) is 2.00. The fourth-order valence-corrected chi connectivity index (χ4v) is 2.26. The number of halogens is 1. The third-order valence-corrected chi connectivity index (χ3v) is 3.73. The summed E-state index contributed by atoms with van der Waals surface area (Å²) in [5, 5.41) is 0. The van der Waals surface area contributed by atoms with Crippen LogP contribution in [0.5, 0.6) is 0 Å². The van der Waals surface area contributed by atoms with E-state index >= 15 is 0 Å². The Balaban J connectivity index is 2.43. The molecule has 0 spiro atoms. The number of hydrogen-bond acceptors (Lipinski definition) is 2. The largest absolute Gasteiger partial charge is 0.401 e. The van der Waals surface area contributed by atoms with Crippen molar-refractivity contribution in [2.24, 2.45) is 11.5 Å². The van der Waals surface area contributed by atoms with Crippen LogP contribution in [0.25, 0.3) is 0 Å². The van der Waals surface area contributed by atoms with Crippen LogP contribution >= 0.6 is 15.9 Å². The Hall–Kier alpha value is -1.06. The topological polar surface area (TPSA) is 52.0 Å². The third kappa shape index (κ3) is 1.81. The van der Waals surface area contributed by atoms with Gasteiger partial charge < -0.3 is 11.5 Å². The van der Waals surface area contributed by atoms with Crippen LogP contribution < -0.4 is 11.5 Å². The molecule has 3 heteroatoms. The molecule has 84 valence electrons. The van der Waals surface area contributed by atoms with E-state index in [1.165, 1.54) is 5.56 Å². The van der Waals surface area contributed by atoms with Crippen LogP contribution in [0.2, 0.25) is 0 Å². The van der Waals surface area contributed by atoms with Crippen LogP contribution in [0.4, 0.5) is 0 Å². The zero-order chi connectivity index (χ0) is 11.8. The first kappa shape index (κ1) is 11.4. The van der Waals surface area contributed by atoms with Crippen molar-refractivity contribution < 1.29 is 0 Å². The van der Waals surface area contributed by atoms with Crippen LogP contribution in [0.15, 0.2) is 52.7 Å². The number of nitrogens with two attached hydrogens (primary N) is 2. The maximum atomic E-state index is 6.17. The SMILES string of the molecule is CC1(c2ccc(Br)cc2)C=CC=C(N)C1N. The van der Waals surface area contributed by atoms with Gasteiger partial charge in [-0.15, -0.1) is 0 Å². The smallest absolute Gasteiger partial charge is 0.0573 e. The maximum Gasteiger partial charge on any atom is 0.0573 e. The summed E-state index contributed by atoms with van der Waals surface area (Å²) in [6.45, 7) is 2.11. The van der Waals surface area contributed by atoms with E-state index in [0.717, 1.165) is 10.2 Å². The van der Waals surface area contributed by atoms with Crippen molar-refractivity contribution in [3.05, 3.63) is 58.2 Å². The van der Waals surface area contributed by atoms with Crippen LogP contribution in [0.3, 0.4) is 0 Å². The van der Waals surface area contributed by atoms with Crippen molar-refractivity contribution >= 4 is 15.9 Å². The monoisotopic (exact) mass is 278 g/mol. The Morgan fingerprint density at radius 2 is 1.88 bits per heavy atom. The Morgan fingerprint density at radius 1 is 1.25 bits per heavy atom. The van der Waals surface area contributed by atoms with Crippen molar-refractivity contribution in [2.75, 3.05) is 0 Å². The Labute approximate surface area is 104 Å². The molecule has 0 aliphatic heterocycles. The second kappa shape index (κ2) is 4.07. The first-order valence-electron chi connectivity index (χ1n) is 5.20. The first-order valence-corrected chi connectivity index (χ1v) is 6.00. The van der Waals surface area contributed by atoms with Gasteiger partial charge in [-0.2, -0.15) is 0 Å². The fraction of sp³-hybridized carbons (Fsp3) is 0.231. The lowest BCUT2D eigenvalue weighted by atomic mass is 9.73. The van der Waals surface area contributed by atoms with Crippen molar-refractivity contribution in [3.8, 4) is 0 Å². The quantitative estimate of drug-likeness (QED) is 0.829. The molecule has 0 saturated heterocycles. The first-order chi connectivity index (χ1) is 7.54. The summed E-state index contributed by atoms with van der Waals surface area (Å²) in [6, 6.07) is 8.03. The predicted octanol–water partition coefficient (Wildman–Crippen LogP) is 2.45. The van der Waals surface area contributed by atoms with E-state index in [4.69, 9.17) is 11.5 Å². The Morgan fingerprint density at radius 3 is 2.50 bits per heavy atom. The lowest BCUT2D eigenvalue weighted by Gasteiger charge is -2.35. The molecule has 1 aliphatic carbocycles. The van der Waals surface area contributed by atoms with Gasteiger partial charge in [-0.3, -0.25) is 0 Å². The van der Waals surface area contributed by atoms with Crippen LogP contribution in [0, 0.1) is 0 Å². The minimum Gasteiger partial charge on any atom is -0.401 e. The summed E-state index contributed by atoms with van der Waals surface area (Å²) in [5.74, 6) is 0. The van der Waals surface area contributed by atoms with Gasteiger partial charge in [-0.1, -0.05) is 47.1 Å². The molecule has 2 rings (SSSR count). The zero-order valence-electron chi connectivity index (χ0n) is 9.15. The molecule has 0 aromatic heterocycles. The summed E-state index contributed by atoms with van der Waals surface area (Å²) < 4.78 is 1.07. The Kier molecular flexibility index (Phi) is 2.91. The summed E-state index contributed by atoms with van der Waals surface area (Å²) in [5.41, 5.74) is 13.8. The van der Waals surface area contributed by atoms with Crippen molar-refractivity contribution in [2.45, 2.75) is 18.4 Å². The second-order valence-corrected chi connectivity index (χ2v) is 5.21. The van der Waals surface area contributed by atoms with Gasteiger partial charge in [-0.05, 0) is 23.8 Å². The molecule has 4 N–H and O–H groups in total. The second-order valence-electron chi connectivity index (χ2n) is 4.29. The minimum atomic E-state index is -0.223. The number of allylic oxidation sites excluding steroid dienone is 2. The summed E-state index contributed by atoms with van der Waals surface area (Å²) >= 11 is 3.43. The molecule has 0 amide bonds. The predicted molar refractivity (Wildman–Crippen MR) is 70.9 cm³/mol. The van der Waals surface area contributed by atoms with Crippen molar-refractivity contribution in [1.29, 1.82) is 0 Å². The minimum absolute atomic E-state index is 0.168. The standard InChI is InChI=1S/C13H15BrN2/c1-13(8-2-3-11(15)12(13)16)9-4-6-10(14)7-5-9/h2-8,12H,15-16H2,1H3. The molecule has 0 fully saturated rings. The maximum absolute atomic E-state index is 6.17. The summed E-state index contributed by atoms with van der Waals surface area (Å²) in [6.07, 6.45) is 5.95. The highest BCUT2D eigenvalue weighted by molar-refractivity contribution is 9.10. The van der Waals surface area contributed by atoms with Gasteiger partial charge in [0.2, 0.25) is 0 Å². The summed E-state index contributed by atoms with van der Waals surface area (Å²) in [7, 11) is 0. The molecule has 1 aromatic carbocycles. The van der Waals surface area contributed by atoms with E-state index in [1.54, 1.807) is 0 Å². The van der Waals surface area contributed by atoms with E-state index in [0.29, 0.717) is 0 Å². The van der Waals surface area contributed by atoms with Gasteiger partial charge in [0.05, 0.1) is 6.04 Å². The molecule has 0 radical (unpaired) electrons. The van der Waals surface area contributed by atoms with E-state index in [9.17, 15) is 0 Å². The zero-order valence-corrected chi connectivity index (χ0v) is 10.7. The third-order valence-electron chi connectivity index (χ3n) is 3.20. The highest BCUT2D eigenvalue weighted by Crippen LogP contribution is 2.33. The number of benzene rings is 1. The Bertz CT molecular complexity index is 448. The molecule has 16 heavy (non-hydrogen) atoms. The van der Waals surface area contributed by atoms with Crippen LogP contribution in [-0.4, -0.2) is 6.04 Å². The van der Waals surface area contributed by atoms with Crippen molar-refractivity contribution in [3.63, 3.8) is 0 Å². The van der Waals surface area contributed by atoms with Gasteiger partial charge in [0, 0.05) is 15.6 Å². The molecule has 0 heterocycles. The normalized spacial score (nSPS) is 28.9. The van der Waals surface area contributed by atoms with Gasteiger partial charge in [0.25, 0.3) is 0 Å². The van der Waals surface area contributed by atoms with E-state index in [1.807, 2.05) is 24.3 Å². The van der Waals surface area contributed by atoms with E-state index < -0.39 is 0 Å². The molecule has 1 aromatic rings. The molecule has 0 saturated carbocycles. The molecular formula is C13H15BrN2. The van der Waals surface area contributed by atoms with E-state index in [-0.39, 0.29) is 11.5 Å². The highest BCUT2D eigenvalue weighted by Gasteiger charge is 2.34. The molecule has 0 bridgehead atoms. The molecule has 1 aliphatic rings. The molecule has 2 unspecified atom stereocenters. The van der Waals surface area contributed by atoms with Gasteiger partial charge >= 0.3 is 0 Å². The molecule has 2 atom stereocenters. The number of hydrogen-bond donors (Lipinski definition) is 2. The average Bonchev–Trinajstić information content (AvgIpc) is 2.27. The van der Waals surface area contributed by atoms with E-state index in [2.05, 4.69) is 41.1 Å². The van der Waals surface area contributed by atoms with Crippen LogP contribution in [0.1, 0.15) is 12.5 Å². The molecular weight excluding hydrogens is 264 g/mol. The highest BCUT2D eigenvalue weighted by atomic mass is 79.9. The van der Waals surface area contributed by atoms with Crippen molar-refractivity contribution in [1.82, 2.24) is 0 Å². The lowest BCUT2D eigenvalue weighted by Crippen LogP contribution is -2.46. The molecule has 2 nitrogen and oxygen atoms in total. The van der Waals surface area contributed by atoms with Gasteiger partial charge in [0.15, 0.2) is 0 Å². The lowest BCUT2D eigenvalue weighted by molar-refractivity contribution is 0.496. The van der Waals surface area contributed by atoms with Crippen LogP contribution in [-0.2, 0) is 5.41 Å².